The van der Waals surface area contributed by atoms with Crippen LogP contribution in [0.2, 0.25) is 0 Å². The van der Waals surface area contributed by atoms with E-state index >= 15 is 0 Å². The molecule has 0 aliphatic carbocycles. The van der Waals surface area contributed by atoms with Gasteiger partial charge in [-0.15, -0.1) is 0 Å². The van der Waals surface area contributed by atoms with Gasteiger partial charge in [-0.25, -0.2) is 9.97 Å². The number of hydrogen-bond acceptors (Lipinski definition) is 6. The summed E-state index contributed by atoms with van der Waals surface area (Å²) in [6.45, 7) is 4.09. The lowest BCUT2D eigenvalue weighted by Gasteiger charge is -2.17. The van der Waals surface area contributed by atoms with Gasteiger partial charge in [0.15, 0.2) is 11.6 Å². The Labute approximate surface area is 147 Å². The number of benzene rings is 1. The van der Waals surface area contributed by atoms with Gasteiger partial charge in [-0.2, -0.15) is 0 Å². The van der Waals surface area contributed by atoms with E-state index in [9.17, 15) is 4.79 Å². The average molecular weight is 428 g/mol. The molecule has 7 nitrogen and oxygen atoms in total. The quantitative estimate of drug-likeness (QED) is 0.709. The van der Waals surface area contributed by atoms with Crippen LogP contribution in [-0.2, 0) is 0 Å². The van der Waals surface area contributed by atoms with E-state index in [1.54, 1.807) is 7.11 Å². The van der Waals surface area contributed by atoms with Crippen molar-refractivity contribution in [3.05, 3.63) is 33.3 Å². The topological polar surface area (TPSA) is 113 Å². The van der Waals surface area contributed by atoms with Gasteiger partial charge in [0.1, 0.15) is 11.5 Å². The number of nitrogens with two attached hydrogens (primary N) is 2. The molecule has 0 fully saturated rings. The monoisotopic (exact) mass is 428 g/mol. The zero-order valence-electron chi connectivity index (χ0n) is 13.0. The molecule has 0 bridgehead atoms. The molecule has 2 rings (SSSR count). The predicted molar refractivity (Wildman–Crippen MR) is 94.8 cm³/mol. The first-order chi connectivity index (χ1) is 10.8. The minimum absolute atomic E-state index is 0.0503. The minimum Gasteiger partial charge on any atom is -0.496 e. The van der Waals surface area contributed by atoms with Crippen molar-refractivity contribution >= 4 is 34.3 Å². The molecule has 0 spiro atoms. The van der Waals surface area contributed by atoms with E-state index in [-0.39, 0.29) is 23.3 Å². The van der Waals surface area contributed by atoms with E-state index < -0.39 is 5.91 Å². The molecule has 1 amide bonds. The lowest BCUT2D eigenvalue weighted by Crippen LogP contribution is -2.16. The van der Waals surface area contributed by atoms with Crippen LogP contribution >= 0.6 is 22.6 Å². The number of anilines is 1. The number of ether oxygens (including phenoxy) is 2. The molecular weight excluding hydrogens is 411 g/mol. The maximum atomic E-state index is 11.1. The smallest absolute Gasteiger partial charge is 0.286 e. The van der Waals surface area contributed by atoms with E-state index in [2.05, 4.69) is 32.6 Å². The Morgan fingerprint density at radius 3 is 2.48 bits per heavy atom. The first-order valence-electron chi connectivity index (χ1n) is 6.81. The van der Waals surface area contributed by atoms with Crippen molar-refractivity contribution in [2.75, 3.05) is 12.8 Å². The lowest BCUT2D eigenvalue weighted by molar-refractivity contribution is 0.0990. The zero-order chi connectivity index (χ0) is 17.1. The maximum Gasteiger partial charge on any atom is 0.286 e. The Hall–Kier alpha value is -2.10. The molecule has 4 N–H and O–H groups in total. The number of carbonyl (C=O) groups excluding carboxylic acids is 1. The van der Waals surface area contributed by atoms with Gasteiger partial charge in [-0.1, -0.05) is 13.8 Å². The van der Waals surface area contributed by atoms with E-state index in [0.717, 1.165) is 14.9 Å². The SMILES string of the molecule is COc1cc(C(C)C)c(Oc2cnc(C(N)=O)nc2N)cc1I. The molecule has 0 aliphatic heterocycles. The summed E-state index contributed by atoms with van der Waals surface area (Å²) in [4.78, 5) is 18.8. The Morgan fingerprint density at radius 2 is 1.96 bits per heavy atom. The summed E-state index contributed by atoms with van der Waals surface area (Å²) < 4.78 is 12.1. The molecule has 0 saturated heterocycles. The van der Waals surface area contributed by atoms with Gasteiger partial charge in [0.05, 0.1) is 16.9 Å². The molecular formula is C15H17IN4O3. The van der Waals surface area contributed by atoms with E-state index in [1.807, 2.05) is 26.0 Å². The number of aromatic nitrogens is 2. The van der Waals surface area contributed by atoms with Crippen LogP contribution in [0.25, 0.3) is 0 Å². The highest BCUT2D eigenvalue weighted by Crippen LogP contribution is 2.37. The zero-order valence-corrected chi connectivity index (χ0v) is 15.1. The number of hydrogen-bond donors (Lipinski definition) is 2. The number of methoxy groups -OCH3 is 1. The second-order valence-corrected chi connectivity index (χ2v) is 6.25. The van der Waals surface area contributed by atoms with Crippen molar-refractivity contribution < 1.29 is 14.3 Å². The second kappa shape index (κ2) is 6.99. The van der Waals surface area contributed by atoms with Crippen molar-refractivity contribution in [2.24, 2.45) is 5.73 Å². The number of halogens is 1. The average Bonchev–Trinajstić information content (AvgIpc) is 2.49. The third-order valence-corrected chi connectivity index (χ3v) is 3.97. The number of amides is 1. The van der Waals surface area contributed by atoms with Crippen LogP contribution in [0.3, 0.4) is 0 Å². The van der Waals surface area contributed by atoms with Gasteiger partial charge in [0, 0.05) is 5.56 Å². The fourth-order valence-electron chi connectivity index (χ4n) is 1.95. The normalized spacial score (nSPS) is 10.7. The fourth-order valence-corrected chi connectivity index (χ4v) is 2.61. The van der Waals surface area contributed by atoms with Crippen LogP contribution in [0.15, 0.2) is 18.3 Å². The van der Waals surface area contributed by atoms with Crippen molar-refractivity contribution in [1.29, 1.82) is 0 Å². The molecule has 0 saturated carbocycles. The van der Waals surface area contributed by atoms with Crippen LogP contribution < -0.4 is 20.9 Å². The summed E-state index contributed by atoms with van der Waals surface area (Å²) in [5.41, 5.74) is 11.9. The molecule has 0 atom stereocenters. The van der Waals surface area contributed by atoms with Gasteiger partial charge in [0.25, 0.3) is 5.91 Å². The third-order valence-electron chi connectivity index (χ3n) is 3.13. The summed E-state index contributed by atoms with van der Waals surface area (Å²) in [6.07, 6.45) is 1.34. The standard InChI is InChI=1S/C15H17IN4O3/c1-7(2)8-4-11(22-3)9(16)5-10(8)23-12-6-19-15(14(18)21)20-13(12)17/h4-7H,1-3H3,(H2,18,21)(H2,17,19,20). The summed E-state index contributed by atoms with van der Waals surface area (Å²) in [7, 11) is 1.62. The maximum absolute atomic E-state index is 11.1. The number of carbonyl (C=O) groups is 1. The molecule has 8 heteroatoms. The highest BCUT2D eigenvalue weighted by atomic mass is 127. The van der Waals surface area contributed by atoms with E-state index in [1.165, 1.54) is 6.20 Å². The van der Waals surface area contributed by atoms with Gasteiger partial charge >= 0.3 is 0 Å². The van der Waals surface area contributed by atoms with Gasteiger partial charge in [0.2, 0.25) is 5.82 Å². The van der Waals surface area contributed by atoms with Crippen LogP contribution in [0.5, 0.6) is 17.2 Å². The molecule has 1 aromatic carbocycles. The molecule has 0 unspecified atom stereocenters. The van der Waals surface area contributed by atoms with Crippen molar-refractivity contribution in [3.8, 4) is 17.2 Å². The Morgan fingerprint density at radius 1 is 1.26 bits per heavy atom. The van der Waals surface area contributed by atoms with Gasteiger partial charge in [-0.05, 0) is 40.6 Å². The third kappa shape index (κ3) is 3.81. The van der Waals surface area contributed by atoms with E-state index in [0.29, 0.717) is 5.75 Å². The number of nitrogens with zero attached hydrogens (tertiary/aromatic N) is 2. The van der Waals surface area contributed by atoms with Crippen LogP contribution in [-0.4, -0.2) is 23.0 Å². The molecule has 1 heterocycles. The van der Waals surface area contributed by atoms with Gasteiger partial charge < -0.3 is 20.9 Å². The fraction of sp³-hybridized carbons (Fsp3) is 0.267. The Balaban J connectivity index is 2.43. The predicted octanol–water partition coefficient (Wildman–Crippen LogP) is 2.69. The number of nitrogen functional groups attached to an aromatic ring is 1. The highest BCUT2D eigenvalue weighted by molar-refractivity contribution is 14.1. The summed E-state index contributed by atoms with van der Waals surface area (Å²) in [6, 6.07) is 3.78. The molecule has 0 radical (unpaired) electrons. The highest BCUT2D eigenvalue weighted by Gasteiger charge is 2.16. The number of primary amides is 1. The Bertz CT molecular complexity index is 750. The van der Waals surface area contributed by atoms with Crippen LogP contribution in [0.1, 0.15) is 35.9 Å². The summed E-state index contributed by atoms with van der Waals surface area (Å²) in [5, 5.41) is 0. The van der Waals surface area contributed by atoms with Crippen LogP contribution in [0.4, 0.5) is 5.82 Å². The van der Waals surface area contributed by atoms with Crippen molar-refractivity contribution in [3.63, 3.8) is 0 Å². The van der Waals surface area contributed by atoms with Crippen molar-refractivity contribution in [1.82, 2.24) is 9.97 Å². The summed E-state index contributed by atoms with van der Waals surface area (Å²) >= 11 is 2.16. The first-order valence-corrected chi connectivity index (χ1v) is 7.89. The molecule has 23 heavy (non-hydrogen) atoms. The molecule has 2 aromatic rings. The second-order valence-electron chi connectivity index (χ2n) is 5.09. The van der Waals surface area contributed by atoms with Crippen LogP contribution in [0, 0.1) is 3.57 Å². The molecule has 1 aromatic heterocycles. The molecule has 0 aliphatic rings. The Kier molecular flexibility index (Phi) is 5.24. The first kappa shape index (κ1) is 17.3. The van der Waals surface area contributed by atoms with Crippen molar-refractivity contribution in [2.45, 2.75) is 19.8 Å². The minimum atomic E-state index is -0.745. The summed E-state index contributed by atoms with van der Waals surface area (Å²) in [5.74, 6) is 1.03. The van der Waals surface area contributed by atoms with E-state index in [4.69, 9.17) is 20.9 Å². The van der Waals surface area contributed by atoms with Gasteiger partial charge in [-0.3, -0.25) is 4.79 Å². The molecule has 122 valence electrons. The largest absolute Gasteiger partial charge is 0.496 e. The number of rotatable bonds is 5. The lowest BCUT2D eigenvalue weighted by atomic mass is 10.0.